The molecule has 2 aromatic rings. The third-order valence-electron chi connectivity index (χ3n) is 6.52. The molecule has 1 heterocycles. The molecule has 5 rings (SSSR count). The van der Waals surface area contributed by atoms with Gasteiger partial charge in [-0.05, 0) is 43.5 Å². The van der Waals surface area contributed by atoms with Crippen LogP contribution in [0.1, 0.15) is 19.3 Å². The molecule has 2 amide bonds. The number of halogens is 3. The summed E-state index contributed by atoms with van der Waals surface area (Å²) in [6.07, 6.45) is 1.62. The lowest BCUT2D eigenvalue weighted by atomic mass is 9.50. The SMILES string of the molecule is O=C(COc1ccc(Cl)c(F)c1)NC1CC2(NC(=O)[C@H]3COc4cc(Cl)ccc4O3)CCC12. The van der Waals surface area contributed by atoms with Gasteiger partial charge < -0.3 is 24.8 Å². The predicted molar refractivity (Wildman–Crippen MR) is 118 cm³/mol. The molecule has 0 radical (unpaired) electrons. The summed E-state index contributed by atoms with van der Waals surface area (Å²) in [5.41, 5.74) is -0.334. The highest BCUT2D eigenvalue weighted by Crippen LogP contribution is 2.54. The fourth-order valence-corrected chi connectivity index (χ4v) is 4.97. The molecule has 4 atom stereocenters. The summed E-state index contributed by atoms with van der Waals surface area (Å²) in [5, 5.41) is 6.56. The number of nitrogens with one attached hydrogen (secondary N) is 2. The zero-order valence-corrected chi connectivity index (χ0v) is 18.9. The van der Waals surface area contributed by atoms with E-state index in [-0.39, 0.29) is 53.3 Å². The summed E-state index contributed by atoms with van der Waals surface area (Å²) in [6.45, 7) is -0.136. The van der Waals surface area contributed by atoms with Crippen molar-refractivity contribution in [1.82, 2.24) is 10.6 Å². The molecule has 1 aliphatic heterocycles. The first-order valence-electron chi connectivity index (χ1n) is 10.6. The van der Waals surface area contributed by atoms with E-state index in [0.717, 1.165) is 18.9 Å². The highest BCUT2D eigenvalue weighted by molar-refractivity contribution is 6.31. The summed E-state index contributed by atoms with van der Waals surface area (Å²) in [6, 6.07) is 8.96. The Morgan fingerprint density at radius 1 is 1.18 bits per heavy atom. The van der Waals surface area contributed by atoms with Crippen LogP contribution in [0.5, 0.6) is 17.2 Å². The first kappa shape index (κ1) is 22.1. The van der Waals surface area contributed by atoms with Crippen molar-refractivity contribution in [2.45, 2.75) is 36.9 Å². The van der Waals surface area contributed by atoms with Gasteiger partial charge >= 0.3 is 0 Å². The number of hydrogen-bond acceptors (Lipinski definition) is 5. The topological polar surface area (TPSA) is 85.9 Å². The Labute approximate surface area is 199 Å². The van der Waals surface area contributed by atoms with E-state index < -0.39 is 11.9 Å². The third kappa shape index (κ3) is 4.29. The number of hydrogen-bond donors (Lipinski definition) is 2. The van der Waals surface area contributed by atoms with E-state index in [9.17, 15) is 14.0 Å². The van der Waals surface area contributed by atoms with E-state index in [1.54, 1.807) is 18.2 Å². The van der Waals surface area contributed by atoms with Crippen LogP contribution in [0, 0.1) is 11.7 Å². The summed E-state index contributed by atoms with van der Waals surface area (Å²) >= 11 is 11.6. The zero-order chi connectivity index (χ0) is 23.2. The van der Waals surface area contributed by atoms with Crippen molar-refractivity contribution in [2.24, 2.45) is 5.92 Å². The maximum atomic E-state index is 13.5. The molecule has 2 saturated carbocycles. The molecule has 3 unspecified atom stereocenters. The number of fused-ring (bicyclic) bond motifs is 2. The van der Waals surface area contributed by atoms with Gasteiger partial charge in [0.25, 0.3) is 11.8 Å². The van der Waals surface area contributed by atoms with Gasteiger partial charge in [0.05, 0.1) is 5.02 Å². The second kappa shape index (κ2) is 8.57. The summed E-state index contributed by atoms with van der Waals surface area (Å²) in [4.78, 5) is 25.1. The molecule has 10 heteroatoms. The monoisotopic (exact) mass is 494 g/mol. The predicted octanol–water partition coefficient (Wildman–Crippen LogP) is 3.50. The molecule has 33 heavy (non-hydrogen) atoms. The van der Waals surface area contributed by atoms with E-state index in [2.05, 4.69) is 10.6 Å². The maximum Gasteiger partial charge on any atom is 0.265 e. The van der Waals surface area contributed by atoms with Crippen molar-refractivity contribution in [1.29, 1.82) is 0 Å². The third-order valence-corrected chi connectivity index (χ3v) is 7.06. The first-order valence-corrected chi connectivity index (χ1v) is 11.4. The number of carbonyl (C=O) groups excluding carboxylic acids is 2. The van der Waals surface area contributed by atoms with Crippen LogP contribution in [0.4, 0.5) is 4.39 Å². The van der Waals surface area contributed by atoms with Crippen LogP contribution in [0.3, 0.4) is 0 Å². The molecule has 2 aliphatic carbocycles. The Kier molecular flexibility index (Phi) is 5.74. The van der Waals surface area contributed by atoms with Crippen LogP contribution < -0.4 is 24.8 Å². The standard InChI is InChI=1S/C23H21Cl2FN2O5/c24-12-1-4-18-19(7-12)32-10-20(33-18)22(30)28-23-6-5-14(23)17(9-23)27-21(29)11-31-13-2-3-15(25)16(26)8-13/h1-4,7-8,14,17,20H,5-6,9-11H2,(H,27,29)(H,28,30)/t14?,17?,20-,23?/m1/s1. The van der Waals surface area contributed by atoms with Crippen molar-refractivity contribution in [3.63, 3.8) is 0 Å². The van der Waals surface area contributed by atoms with Gasteiger partial charge in [-0.2, -0.15) is 0 Å². The lowest BCUT2D eigenvalue weighted by Crippen LogP contribution is -2.76. The van der Waals surface area contributed by atoms with Gasteiger partial charge in [0.2, 0.25) is 6.10 Å². The molecule has 7 nitrogen and oxygen atoms in total. The highest BCUT2D eigenvalue weighted by atomic mass is 35.5. The van der Waals surface area contributed by atoms with E-state index in [4.69, 9.17) is 37.4 Å². The van der Waals surface area contributed by atoms with Crippen molar-refractivity contribution in [2.75, 3.05) is 13.2 Å². The van der Waals surface area contributed by atoms with Crippen LogP contribution in [-0.2, 0) is 9.59 Å². The molecule has 3 aliphatic rings. The van der Waals surface area contributed by atoms with Gasteiger partial charge in [0, 0.05) is 34.7 Å². The van der Waals surface area contributed by atoms with Crippen molar-refractivity contribution in [3.05, 3.63) is 52.3 Å². The van der Waals surface area contributed by atoms with Crippen LogP contribution in [-0.4, -0.2) is 42.7 Å². The average Bonchev–Trinajstić information content (AvgIpc) is 2.78. The Balaban J connectivity index is 1.10. The zero-order valence-electron chi connectivity index (χ0n) is 17.4. The molecule has 2 N–H and O–H groups in total. The minimum atomic E-state index is -0.754. The molecular formula is C23H21Cl2FN2O5. The second-order valence-electron chi connectivity index (χ2n) is 8.54. The molecule has 0 saturated heterocycles. The largest absolute Gasteiger partial charge is 0.485 e. The number of ether oxygens (including phenoxy) is 3. The number of carbonyl (C=O) groups is 2. The van der Waals surface area contributed by atoms with E-state index >= 15 is 0 Å². The molecule has 0 spiro atoms. The Morgan fingerprint density at radius 2 is 2.03 bits per heavy atom. The van der Waals surface area contributed by atoms with Crippen LogP contribution in [0.2, 0.25) is 10.0 Å². The lowest BCUT2D eigenvalue weighted by molar-refractivity contribution is -0.143. The van der Waals surface area contributed by atoms with E-state index in [1.165, 1.54) is 12.1 Å². The van der Waals surface area contributed by atoms with Crippen molar-refractivity contribution >= 4 is 35.0 Å². The molecule has 0 bridgehead atoms. The lowest BCUT2D eigenvalue weighted by Gasteiger charge is -2.63. The molecular weight excluding hydrogens is 474 g/mol. The Hall–Kier alpha value is -2.71. The minimum Gasteiger partial charge on any atom is -0.485 e. The molecule has 0 aromatic heterocycles. The summed E-state index contributed by atoms with van der Waals surface area (Å²) in [5.74, 6) is 0.218. The smallest absolute Gasteiger partial charge is 0.265 e. The summed E-state index contributed by atoms with van der Waals surface area (Å²) < 4.78 is 30.2. The van der Waals surface area contributed by atoms with Gasteiger partial charge in [0.1, 0.15) is 18.2 Å². The maximum absolute atomic E-state index is 13.5. The number of amides is 2. The van der Waals surface area contributed by atoms with Gasteiger partial charge in [-0.25, -0.2) is 4.39 Å². The minimum absolute atomic E-state index is 0.0107. The fraction of sp³-hybridized carbons (Fsp3) is 0.391. The van der Waals surface area contributed by atoms with E-state index in [0.29, 0.717) is 22.9 Å². The normalized spacial score (nSPS) is 26.8. The van der Waals surface area contributed by atoms with Gasteiger partial charge in [-0.1, -0.05) is 23.2 Å². The molecule has 2 fully saturated rings. The van der Waals surface area contributed by atoms with Crippen LogP contribution in [0.15, 0.2) is 36.4 Å². The quantitative estimate of drug-likeness (QED) is 0.641. The van der Waals surface area contributed by atoms with Gasteiger partial charge in [-0.3, -0.25) is 9.59 Å². The number of rotatable bonds is 6. The Bertz CT molecular complexity index is 1120. The van der Waals surface area contributed by atoms with Gasteiger partial charge in [-0.15, -0.1) is 0 Å². The molecule has 174 valence electrons. The van der Waals surface area contributed by atoms with Crippen molar-refractivity contribution in [3.8, 4) is 17.2 Å². The highest BCUT2D eigenvalue weighted by Gasteiger charge is 2.61. The average molecular weight is 495 g/mol. The molecule has 2 aromatic carbocycles. The number of benzene rings is 2. The van der Waals surface area contributed by atoms with Crippen molar-refractivity contribution < 1.29 is 28.2 Å². The van der Waals surface area contributed by atoms with Crippen LogP contribution in [0.25, 0.3) is 0 Å². The Morgan fingerprint density at radius 3 is 2.76 bits per heavy atom. The van der Waals surface area contributed by atoms with Gasteiger partial charge in [0.15, 0.2) is 18.1 Å². The summed E-state index contributed by atoms with van der Waals surface area (Å²) in [7, 11) is 0. The fourth-order valence-electron chi connectivity index (χ4n) is 4.70. The van der Waals surface area contributed by atoms with Crippen LogP contribution >= 0.6 is 23.2 Å². The second-order valence-corrected chi connectivity index (χ2v) is 9.39. The van der Waals surface area contributed by atoms with E-state index in [1.807, 2.05) is 0 Å². The first-order chi connectivity index (χ1) is 15.8.